The van der Waals surface area contributed by atoms with E-state index < -0.39 is 0 Å². The quantitative estimate of drug-likeness (QED) is 0.752. The molecule has 1 fully saturated rings. The second-order valence-corrected chi connectivity index (χ2v) is 6.16. The Kier molecular flexibility index (Phi) is 5.38. The van der Waals surface area contributed by atoms with Crippen LogP contribution in [0.25, 0.3) is 0 Å². The Hall–Kier alpha value is -0.160. The van der Waals surface area contributed by atoms with Crippen LogP contribution in [-0.2, 0) is 4.74 Å². The van der Waals surface area contributed by atoms with Crippen molar-refractivity contribution in [3.63, 3.8) is 0 Å². The fraction of sp³-hybridized carbons (Fsp3) is 1.00. The number of nitrogens with one attached hydrogen (secondary N) is 1. The molecule has 102 valence electrons. The molecule has 1 heterocycles. The predicted octanol–water partition coefficient (Wildman–Crippen LogP) is 0.845. The average molecular weight is 244 g/mol. The van der Waals surface area contributed by atoms with Gasteiger partial charge in [0.1, 0.15) is 0 Å². The summed E-state index contributed by atoms with van der Waals surface area (Å²) in [6, 6.07) is 0.444. The Bertz CT molecular complexity index is 228. The van der Waals surface area contributed by atoms with Crippen LogP contribution in [0.1, 0.15) is 34.1 Å². The van der Waals surface area contributed by atoms with Gasteiger partial charge in [0.05, 0.1) is 12.2 Å². The highest BCUT2D eigenvalue weighted by Gasteiger charge is 2.28. The lowest BCUT2D eigenvalue weighted by molar-refractivity contribution is 0.0563. The molecule has 3 atom stereocenters. The molecule has 3 unspecified atom stereocenters. The average Bonchev–Trinajstić information content (AvgIpc) is 2.60. The van der Waals surface area contributed by atoms with E-state index in [1.807, 2.05) is 0 Å². The lowest BCUT2D eigenvalue weighted by Crippen LogP contribution is -2.47. The molecule has 1 rings (SSSR count). The largest absolute Gasteiger partial charge is 0.390 e. The molecule has 0 amide bonds. The van der Waals surface area contributed by atoms with Crippen molar-refractivity contribution < 1.29 is 9.84 Å². The highest BCUT2D eigenvalue weighted by molar-refractivity contribution is 4.82. The van der Waals surface area contributed by atoms with Gasteiger partial charge in [0.15, 0.2) is 0 Å². The minimum atomic E-state index is -0.327. The number of likely N-dealkylation sites (N-methyl/N-ethyl adjacent to an activating group) is 1. The predicted molar refractivity (Wildman–Crippen MR) is 70.2 cm³/mol. The van der Waals surface area contributed by atoms with Gasteiger partial charge in [-0.2, -0.15) is 0 Å². The van der Waals surface area contributed by atoms with E-state index in [4.69, 9.17) is 4.74 Å². The summed E-state index contributed by atoms with van der Waals surface area (Å²) >= 11 is 0. The van der Waals surface area contributed by atoms with Gasteiger partial charge < -0.3 is 15.2 Å². The van der Waals surface area contributed by atoms with E-state index in [1.54, 1.807) is 0 Å². The summed E-state index contributed by atoms with van der Waals surface area (Å²) in [5.74, 6) is 0. The fourth-order valence-electron chi connectivity index (χ4n) is 2.26. The van der Waals surface area contributed by atoms with Crippen molar-refractivity contribution in [2.24, 2.45) is 0 Å². The zero-order valence-corrected chi connectivity index (χ0v) is 11.9. The van der Waals surface area contributed by atoms with Gasteiger partial charge in [0.25, 0.3) is 0 Å². The third kappa shape index (κ3) is 5.34. The number of nitrogens with zero attached hydrogens (tertiary/aromatic N) is 1. The van der Waals surface area contributed by atoms with Crippen molar-refractivity contribution in [3.8, 4) is 0 Å². The number of aliphatic hydroxyl groups excluding tert-OH is 1. The van der Waals surface area contributed by atoms with E-state index in [2.05, 4.69) is 45.0 Å². The first-order chi connectivity index (χ1) is 7.79. The maximum Gasteiger partial charge on any atom is 0.0791 e. The van der Waals surface area contributed by atoms with Crippen molar-refractivity contribution in [3.05, 3.63) is 0 Å². The maximum atomic E-state index is 9.98. The van der Waals surface area contributed by atoms with Gasteiger partial charge in [0.2, 0.25) is 0 Å². The Balaban J connectivity index is 2.28. The Morgan fingerprint density at radius 2 is 2.12 bits per heavy atom. The summed E-state index contributed by atoms with van der Waals surface area (Å²) in [6.45, 7) is 10.6. The van der Waals surface area contributed by atoms with Crippen LogP contribution in [0, 0.1) is 0 Å². The number of β-amino-alcohol motifs (C(OH)–C–C–N with tert-alkyl or cyclic N) is 1. The molecule has 1 aliphatic heterocycles. The smallest absolute Gasteiger partial charge is 0.0791 e. The zero-order chi connectivity index (χ0) is 13.1. The summed E-state index contributed by atoms with van der Waals surface area (Å²) < 4.78 is 5.54. The Labute approximate surface area is 105 Å². The lowest BCUT2D eigenvalue weighted by atomic mass is 10.1. The molecule has 4 heteroatoms. The molecule has 0 aromatic heterocycles. The molecule has 2 N–H and O–H groups in total. The molecule has 0 bridgehead atoms. The normalized spacial score (nSPS) is 27.7. The van der Waals surface area contributed by atoms with Crippen molar-refractivity contribution in [2.75, 3.05) is 26.7 Å². The van der Waals surface area contributed by atoms with Gasteiger partial charge in [-0.15, -0.1) is 0 Å². The first kappa shape index (κ1) is 14.9. The summed E-state index contributed by atoms with van der Waals surface area (Å²) in [6.07, 6.45) is 1.02. The van der Waals surface area contributed by atoms with Crippen LogP contribution in [0.2, 0.25) is 0 Å². The number of ether oxygens (including phenoxy) is 1. The SMILES string of the molecule is CC1OCCC1N(C)CC(O)CNC(C)(C)C. The number of rotatable bonds is 5. The van der Waals surface area contributed by atoms with E-state index in [-0.39, 0.29) is 17.7 Å². The standard InChI is InChI=1S/C13H28N2O2/c1-10-12(6-7-17-10)15(5)9-11(16)8-14-13(2,3)4/h10-12,14,16H,6-9H2,1-5H3. The van der Waals surface area contributed by atoms with Gasteiger partial charge in [-0.3, -0.25) is 4.90 Å². The van der Waals surface area contributed by atoms with E-state index in [0.29, 0.717) is 19.1 Å². The molecule has 0 saturated carbocycles. The second kappa shape index (κ2) is 6.14. The summed E-state index contributed by atoms with van der Waals surface area (Å²) in [7, 11) is 2.07. The van der Waals surface area contributed by atoms with Gasteiger partial charge >= 0.3 is 0 Å². The van der Waals surface area contributed by atoms with Crippen molar-refractivity contribution in [1.29, 1.82) is 0 Å². The van der Waals surface area contributed by atoms with Crippen molar-refractivity contribution in [2.45, 2.75) is 57.9 Å². The van der Waals surface area contributed by atoms with Gasteiger partial charge in [-0.1, -0.05) is 0 Å². The molecule has 1 aliphatic rings. The van der Waals surface area contributed by atoms with Gasteiger partial charge in [-0.05, 0) is 41.2 Å². The first-order valence-electron chi connectivity index (χ1n) is 6.54. The second-order valence-electron chi connectivity index (χ2n) is 6.16. The third-order valence-corrected chi connectivity index (χ3v) is 3.27. The van der Waals surface area contributed by atoms with Crippen LogP contribution >= 0.6 is 0 Å². The maximum absolute atomic E-state index is 9.98. The lowest BCUT2D eigenvalue weighted by Gasteiger charge is -2.30. The molecule has 0 radical (unpaired) electrons. The number of hydrogen-bond donors (Lipinski definition) is 2. The van der Waals surface area contributed by atoms with Crippen LogP contribution < -0.4 is 5.32 Å². The first-order valence-corrected chi connectivity index (χ1v) is 6.54. The molecule has 17 heavy (non-hydrogen) atoms. The topological polar surface area (TPSA) is 44.7 Å². The summed E-state index contributed by atoms with van der Waals surface area (Å²) in [5, 5.41) is 13.3. The van der Waals surface area contributed by atoms with Gasteiger partial charge in [0, 0.05) is 31.3 Å². The van der Waals surface area contributed by atoms with E-state index in [0.717, 1.165) is 13.0 Å². The highest BCUT2D eigenvalue weighted by Crippen LogP contribution is 2.18. The monoisotopic (exact) mass is 244 g/mol. The molecule has 0 aromatic carbocycles. The highest BCUT2D eigenvalue weighted by atomic mass is 16.5. The Morgan fingerprint density at radius 1 is 1.47 bits per heavy atom. The molecule has 0 spiro atoms. The van der Waals surface area contributed by atoms with Gasteiger partial charge in [-0.25, -0.2) is 0 Å². The molecule has 0 aromatic rings. The molecule has 0 aliphatic carbocycles. The Morgan fingerprint density at radius 3 is 2.59 bits per heavy atom. The van der Waals surface area contributed by atoms with E-state index in [9.17, 15) is 5.11 Å². The van der Waals surface area contributed by atoms with Crippen LogP contribution in [0.15, 0.2) is 0 Å². The minimum Gasteiger partial charge on any atom is -0.390 e. The van der Waals surface area contributed by atoms with E-state index in [1.165, 1.54) is 0 Å². The van der Waals surface area contributed by atoms with Crippen LogP contribution in [-0.4, -0.2) is 60.5 Å². The summed E-state index contributed by atoms with van der Waals surface area (Å²) in [4.78, 5) is 2.21. The zero-order valence-electron chi connectivity index (χ0n) is 11.9. The fourth-order valence-corrected chi connectivity index (χ4v) is 2.26. The molecular weight excluding hydrogens is 216 g/mol. The van der Waals surface area contributed by atoms with Crippen LogP contribution in [0.3, 0.4) is 0 Å². The van der Waals surface area contributed by atoms with Crippen molar-refractivity contribution >= 4 is 0 Å². The van der Waals surface area contributed by atoms with Crippen LogP contribution in [0.5, 0.6) is 0 Å². The minimum absolute atomic E-state index is 0.0588. The summed E-state index contributed by atoms with van der Waals surface area (Å²) in [5.41, 5.74) is 0.0588. The number of hydrogen-bond acceptors (Lipinski definition) is 4. The third-order valence-electron chi connectivity index (χ3n) is 3.27. The van der Waals surface area contributed by atoms with Crippen molar-refractivity contribution in [1.82, 2.24) is 10.2 Å². The number of aliphatic hydroxyl groups is 1. The molecular formula is C13H28N2O2. The molecule has 4 nitrogen and oxygen atoms in total. The van der Waals surface area contributed by atoms with Crippen LogP contribution in [0.4, 0.5) is 0 Å². The van der Waals surface area contributed by atoms with E-state index >= 15 is 0 Å². The molecule has 1 saturated heterocycles.